The third kappa shape index (κ3) is 5.62. The minimum Gasteiger partial charge on any atom is -0.407 e. The van der Waals surface area contributed by atoms with Crippen molar-refractivity contribution in [2.24, 2.45) is 5.73 Å². The molecule has 1 amide bonds. The van der Waals surface area contributed by atoms with E-state index in [1.54, 1.807) is 0 Å². The predicted molar refractivity (Wildman–Crippen MR) is 67.8 cm³/mol. The standard InChI is InChI=1S/C11H21N5O2/c1-7(5-8(12)17)14-10-16-15-9(18-10)6-13-11(2,3)4/h7,13H,5-6H2,1-4H3,(H2,12,17)(H,14,16). The number of anilines is 1. The molecule has 0 aliphatic heterocycles. The SMILES string of the molecule is CC(CC(N)=O)Nc1nnc(CNC(C)(C)C)o1. The summed E-state index contributed by atoms with van der Waals surface area (Å²) in [7, 11) is 0. The Kier molecular flexibility index (Phi) is 4.66. The van der Waals surface area contributed by atoms with Crippen LogP contribution in [-0.2, 0) is 11.3 Å². The number of nitrogens with one attached hydrogen (secondary N) is 2. The van der Waals surface area contributed by atoms with E-state index in [0.717, 1.165) is 0 Å². The highest BCUT2D eigenvalue weighted by atomic mass is 16.4. The molecule has 1 unspecified atom stereocenters. The van der Waals surface area contributed by atoms with Crippen LogP contribution in [0.25, 0.3) is 0 Å². The van der Waals surface area contributed by atoms with E-state index in [2.05, 4.69) is 41.6 Å². The summed E-state index contributed by atoms with van der Waals surface area (Å²) in [6.45, 7) is 8.48. The second kappa shape index (κ2) is 5.81. The Morgan fingerprint density at radius 3 is 2.67 bits per heavy atom. The van der Waals surface area contributed by atoms with Gasteiger partial charge in [-0.3, -0.25) is 4.79 Å². The molecule has 102 valence electrons. The molecule has 4 N–H and O–H groups in total. The molecule has 0 aliphatic rings. The minimum atomic E-state index is -0.371. The van der Waals surface area contributed by atoms with Crippen LogP contribution >= 0.6 is 0 Å². The van der Waals surface area contributed by atoms with E-state index in [-0.39, 0.29) is 23.9 Å². The average Bonchev–Trinajstić information content (AvgIpc) is 2.60. The zero-order valence-corrected chi connectivity index (χ0v) is 11.3. The van der Waals surface area contributed by atoms with Crippen LogP contribution in [0.3, 0.4) is 0 Å². The van der Waals surface area contributed by atoms with Gasteiger partial charge >= 0.3 is 6.01 Å². The van der Waals surface area contributed by atoms with Crippen molar-refractivity contribution in [1.82, 2.24) is 15.5 Å². The van der Waals surface area contributed by atoms with Gasteiger partial charge in [-0.15, -0.1) is 5.10 Å². The van der Waals surface area contributed by atoms with Crippen molar-refractivity contribution in [3.63, 3.8) is 0 Å². The van der Waals surface area contributed by atoms with Gasteiger partial charge in [-0.1, -0.05) is 5.10 Å². The van der Waals surface area contributed by atoms with E-state index in [1.165, 1.54) is 0 Å². The molecule has 0 saturated heterocycles. The Hall–Kier alpha value is -1.63. The van der Waals surface area contributed by atoms with E-state index >= 15 is 0 Å². The van der Waals surface area contributed by atoms with Crippen molar-refractivity contribution in [2.45, 2.75) is 52.2 Å². The fourth-order valence-electron chi connectivity index (χ4n) is 1.29. The minimum absolute atomic E-state index is 0.0126. The van der Waals surface area contributed by atoms with Crippen molar-refractivity contribution in [3.05, 3.63) is 5.89 Å². The Morgan fingerprint density at radius 1 is 1.44 bits per heavy atom. The van der Waals surface area contributed by atoms with Gasteiger partial charge in [0.05, 0.1) is 6.54 Å². The number of nitrogens with zero attached hydrogens (tertiary/aromatic N) is 2. The number of rotatable bonds is 6. The molecule has 1 heterocycles. The Labute approximate surface area is 107 Å². The molecule has 0 aromatic carbocycles. The van der Waals surface area contributed by atoms with Gasteiger partial charge in [-0.05, 0) is 27.7 Å². The highest BCUT2D eigenvalue weighted by molar-refractivity contribution is 5.74. The highest BCUT2D eigenvalue weighted by Gasteiger charge is 2.13. The number of aromatic nitrogens is 2. The molecule has 1 aromatic heterocycles. The first-order valence-corrected chi connectivity index (χ1v) is 5.88. The highest BCUT2D eigenvalue weighted by Crippen LogP contribution is 2.09. The molecule has 18 heavy (non-hydrogen) atoms. The molecular weight excluding hydrogens is 234 g/mol. The van der Waals surface area contributed by atoms with Crippen LogP contribution in [0.5, 0.6) is 0 Å². The van der Waals surface area contributed by atoms with Crippen molar-refractivity contribution < 1.29 is 9.21 Å². The van der Waals surface area contributed by atoms with Gasteiger partial charge < -0.3 is 20.8 Å². The summed E-state index contributed by atoms with van der Waals surface area (Å²) in [6, 6.07) is 0.167. The molecule has 7 nitrogen and oxygen atoms in total. The zero-order chi connectivity index (χ0) is 13.8. The fraction of sp³-hybridized carbons (Fsp3) is 0.727. The van der Waals surface area contributed by atoms with Crippen molar-refractivity contribution >= 4 is 11.9 Å². The second-order valence-corrected chi connectivity index (χ2v) is 5.32. The second-order valence-electron chi connectivity index (χ2n) is 5.32. The van der Waals surface area contributed by atoms with Crippen LogP contribution in [0, 0.1) is 0 Å². The molecule has 1 atom stereocenters. The van der Waals surface area contributed by atoms with E-state index in [9.17, 15) is 4.79 Å². The predicted octanol–water partition coefficient (Wildman–Crippen LogP) is 0.633. The van der Waals surface area contributed by atoms with Gasteiger partial charge in [0.15, 0.2) is 0 Å². The average molecular weight is 255 g/mol. The summed E-state index contributed by atoms with van der Waals surface area (Å²) >= 11 is 0. The van der Waals surface area contributed by atoms with Crippen LogP contribution in [0.2, 0.25) is 0 Å². The summed E-state index contributed by atoms with van der Waals surface area (Å²) in [5.41, 5.74) is 5.08. The van der Waals surface area contributed by atoms with Crippen LogP contribution in [-0.4, -0.2) is 27.7 Å². The largest absolute Gasteiger partial charge is 0.407 e. The van der Waals surface area contributed by atoms with Crippen molar-refractivity contribution in [1.29, 1.82) is 0 Å². The monoisotopic (exact) mass is 255 g/mol. The molecule has 0 saturated carbocycles. The first-order chi connectivity index (χ1) is 8.26. The first kappa shape index (κ1) is 14.4. The van der Waals surface area contributed by atoms with Gasteiger partial charge in [0.2, 0.25) is 11.8 Å². The molecule has 1 rings (SSSR count). The van der Waals surface area contributed by atoms with Crippen molar-refractivity contribution in [3.8, 4) is 0 Å². The number of hydrogen-bond acceptors (Lipinski definition) is 6. The van der Waals surface area contributed by atoms with E-state index < -0.39 is 0 Å². The Bertz CT molecular complexity index is 396. The van der Waals surface area contributed by atoms with Crippen LogP contribution in [0.4, 0.5) is 6.01 Å². The zero-order valence-electron chi connectivity index (χ0n) is 11.3. The van der Waals surface area contributed by atoms with Crippen LogP contribution in [0.1, 0.15) is 40.0 Å². The van der Waals surface area contributed by atoms with E-state index in [4.69, 9.17) is 10.2 Å². The molecule has 0 fully saturated rings. The maximum Gasteiger partial charge on any atom is 0.315 e. The molecule has 0 radical (unpaired) electrons. The Balaban J connectivity index is 2.45. The van der Waals surface area contributed by atoms with Crippen LogP contribution in [0.15, 0.2) is 4.42 Å². The molecular formula is C11H21N5O2. The molecule has 1 aromatic rings. The number of carbonyl (C=O) groups is 1. The molecule has 7 heteroatoms. The summed E-state index contributed by atoms with van der Waals surface area (Å²) in [6.07, 6.45) is 0.220. The summed E-state index contributed by atoms with van der Waals surface area (Å²) < 4.78 is 5.38. The fourth-order valence-corrected chi connectivity index (χ4v) is 1.29. The maximum absolute atomic E-state index is 10.7. The molecule has 0 spiro atoms. The summed E-state index contributed by atoms with van der Waals surface area (Å²) in [5, 5.41) is 13.9. The molecule has 0 aliphatic carbocycles. The van der Waals surface area contributed by atoms with Gasteiger partial charge in [-0.25, -0.2) is 0 Å². The lowest BCUT2D eigenvalue weighted by Crippen LogP contribution is -2.35. The van der Waals surface area contributed by atoms with E-state index in [1.807, 2.05) is 6.92 Å². The third-order valence-electron chi connectivity index (χ3n) is 2.11. The topological polar surface area (TPSA) is 106 Å². The quantitative estimate of drug-likeness (QED) is 0.688. The normalized spacial score (nSPS) is 13.3. The van der Waals surface area contributed by atoms with Crippen molar-refractivity contribution in [2.75, 3.05) is 5.32 Å². The smallest absolute Gasteiger partial charge is 0.315 e. The number of primary amides is 1. The number of carbonyl (C=O) groups excluding carboxylic acids is 1. The van der Waals surface area contributed by atoms with Crippen LogP contribution < -0.4 is 16.4 Å². The summed E-state index contributed by atoms with van der Waals surface area (Å²) in [4.78, 5) is 10.7. The lowest BCUT2D eigenvalue weighted by Gasteiger charge is -2.18. The lowest BCUT2D eigenvalue weighted by atomic mass is 10.1. The van der Waals surface area contributed by atoms with Gasteiger partial charge in [-0.2, -0.15) is 0 Å². The number of nitrogens with two attached hydrogens (primary N) is 1. The van der Waals surface area contributed by atoms with E-state index in [0.29, 0.717) is 18.5 Å². The maximum atomic E-state index is 10.7. The van der Waals surface area contributed by atoms with Gasteiger partial charge in [0.1, 0.15) is 0 Å². The summed E-state index contributed by atoms with van der Waals surface area (Å²) in [5.74, 6) is 0.128. The van der Waals surface area contributed by atoms with Gasteiger partial charge in [0, 0.05) is 18.0 Å². The number of hydrogen-bond donors (Lipinski definition) is 3. The molecule has 0 bridgehead atoms. The first-order valence-electron chi connectivity index (χ1n) is 5.88. The number of amides is 1. The third-order valence-corrected chi connectivity index (χ3v) is 2.11. The van der Waals surface area contributed by atoms with Gasteiger partial charge in [0.25, 0.3) is 0 Å². The Morgan fingerprint density at radius 2 is 2.11 bits per heavy atom. The lowest BCUT2D eigenvalue weighted by molar-refractivity contribution is -0.118.